The van der Waals surface area contributed by atoms with Crippen LogP contribution < -0.4 is 5.32 Å². The Bertz CT molecular complexity index is 303. The summed E-state index contributed by atoms with van der Waals surface area (Å²) in [4.78, 5) is 11.4. The van der Waals surface area contributed by atoms with Crippen molar-refractivity contribution < 1.29 is 9.53 Å². The first kappa shape index (κ1) is 12.0. The first-order chi connectivity index (χ1) is 7.27. The lowest BCUT2D eigenvalue weighted by Gasteiger charge is -2.14. The normalized spacial score (nSPS) is 12.1. The lowest BCUT2D eigenvalue weighted by molar-refractivity contribution is -0.143. The fraction of sp³-hybridized carbons (Fsp3) is 0.364. The van der Waals surface area contributed by atoms with Crippen molar-refractivity contribution >= 4 is 17.6 Å². The minimum Gasteiger partial charge on any atom is -0.468 e. The van der Waals surface area contributed by atoms with Crippen LogP contribution in [0.4, 0.5) is 0 Å². The van der Waals surface area contributed by atoms with Crippen LogP contribution in [0, 0.1) is 0 Å². The molecule has 0 saturated heterocycles. The molecule has 1 N–H and O–H groups in total. The van der Waals surface area contributed by atoms with Crippen molar-refractivity contribution in [2.24, 2.45) is 0 Å². The van der Waals surface area contributed by atoms with Gasteiger partial charge in [0.1, 0.15) is 6.04 Å². The molecule has 1 rings (SSSR count). The van der Waals surface area contributed by atoms with Crippen LogP contribution in [0.25, 0.3) is 0 Å². The van der Waals surface area contributed by atoms with Crippen LogP contribution in [0.1, 0.15) is 5.56 Å². The molecular weight excluding hydrogens is 214 g/mol. The third kappa shape index (κ3) is 3.90. The Morgan fingerprint density at radius 3 is 2.67 bits per heavy atom. The van der Waals surface area contributed by atoms with Crippen molar-refractivity contribution in [1.29, 1.82) is 0 Å². The van der Waals surface area contributed by atoms with Gasteiger partial charge in [-0.3, -0.25) is 10.1 Å². The predicted molar refractivity (Wildman–Crippen MR) is 59.8 cm³/mol. The van der Waals surface area contributed by atoms with Gasteiger partial charge < -0.3 is 4.74 Å². The molecule has 3 nitrogen and oxygen atoms in total. The maximum atomic E-state index is 11.4. The van der Waals surface area contributed by atoms with E-state index >= 15 is 0 Å². The molecule has 0 saturated carbocycles. The Kier molecular flexibility index (Phi) is 5.15. The Morgan fingerprint density at radius 2 is 2.13 bits per heavy atom. The summed E-state index contributed by atoms with van der Waals surface area (Å²) in [6.45, 7) is 0. The Labute approximate surface area is 94.4 Å². The lowest BCUT2D eigenvalue weighted by Crippen LogP contribution is -2.38. The molecule has 82 valence electrons. The number of rotatable bonds is 5. The number of methoxy groups -OCH3 is 1. The van der Waals surface area contributed by atoms with Crippen molar-refractivity contribution in [3.8, 4) is 0 Å². The van der Waals surface area contributed by atoms with Crippen molar-refractivity contribution in [1.82, 2.24) is 5.32 Å². The largest absolute Gasteiger partial charge is 0.468 e. The molecule has 0 fully saturated rings. The summed E-state index contributed by atoms with van der Waals surface area (Å²) in [5.74, 6) is -0.292. The summed E-state index contributed by atoms with van der Waals surface area (Å²) in [6, 6.07) is 9.58. The monoisotopic (exact) mass is 227 g/mol. The van der Waals surface area contributed by atoms with Crippen molar-refractivity contribution in [3.63, 3.8) is 0 Å². The van der Waals surface area contributed by atoms with Crippen LogP contribution in [-0.4, -0.2) is 25.1 Å². The summed E-state index contributed by atoms with van der Waals surface area (Å²) >= 11 is 5.54. The third-order valence-electron chi connectivity index (χ3n) is 2.09. The predicted octanol–water partition coefficient (Wildman–Crippen LogP) is 1.56. The zero-order chi connectivity index (χ0) is 11.1. The maximum absolute atomic E-state index is 11.4. The Hall–Kier alpha value is -1.06. The molecule has 0 unspecified atom stereocenters. The zero-order valence-electron chi connectivity index (χ0n) is 8.57. The third-order valence-corrected chi connectivity index (χ3v) is 2.25. The van der Waals surface area contributed by atoms with Gasteiger partial charge >= 0.3 is 5.97 Å². The quantitative estimate of drug-likeness (QED) is 0.471. The standard InChI is InChI=1S/C11H14ClNO2/c1-15-11(14)10(13-8-12)7-9-5-3-2-4-6-9/h2-6,10,13H,7-8H2,1H3/t10-/m0/s1. The van der Waals surface area contributed by atoms with E-state index in [1.165, 1.54) is 7.11 Å². The second-order valence-corrected chi connectivity index (χ2v) is 3.37. The second kappa shape index (κ2) is 6.43. The molecule has 1 aromatic rings. The average Bonchev–Trinajstić information content (AvgIpc) is 2.29. The molecule has 1 aromatic carbocycles. The number of halogens is 1. The fourth-order valence-corrected chi connectivity index (χ4v) is 1.51. The molecule has 0 bridgehead atoms. The molecule has 0 aliphatic heterocycles. The molecule has 0 aromatic heterocycles. The van der Waals surface area contributed by atoms with Crippen LogP contribution in [0.15, 0.2) is 30.3 Å². The van der Waals surface area contributed by atoms with Crippen molar-refractivity contribution in [2.75, 3.05) is 13.1 Å². The van der Waals surface area contributed by atoms with E-state index in [4.69, 9.17) is 11.6 Å². The molecular formula is C11H14ClNO2. The number of carbonyl (C=O) groups is 1. The second-order valence-electron chi connectivity index (χ2n) is 3.10. The van der Waals surface area contributed by atoms with Gasteiger partial charge in [-0.15, -0.1) is 11.6 Å². The topological polar surface area (TPSA) is 38.3 Å². The van der Waals surface area contributed by atoms with Gasteiger partial charge in [0, 0.05) is 0 Å². The van der Waals surface area contributed by atoms with Gasteiger partial charge in [0.05, 0.1) is 13.1 Å². The van der Waals surface area contributed by atoms with Crippen LogP contribution in [0.5, 0.6) is 0 Å². The van der Waals surface area contributed by atoms with Gasteiger partial charge in [-0.1, -0.05) is 30.3 Å². The minimum absolute atomic E-state index is 0.229. The van der Waals surface area contributed by atoms with Crippen LogP contribution in [0.3, 0.4) is 0 Å². The fourth-order valence-electron chi connectivity index (χ4n) is 1.32. The smallest absolute Gasteiger partial charge is 0.323 e. The van der Waals surface area contributed by atoms with E-state index in [-0.39, 0.29) is 18.0 Å². The molecule has 0 amide bonds. The van der Waals surface area contributed by atoms with Crippen molar-refractivity contribution in [3.05, 3.63) is 35.9 Å². The summed E-state index contributed by atoms with van der Waals surface area (Å²) in [5.41, 5.74) is 1.07. The first-order valence-electron chi connectivity index (χ1n) is 4.69. The highest BCUT2D eigenvalue weighted by molar-refractivity contribution is 6.17. The molecule has 0 aliphatic rings. The molecule has 0 heterocycles. The van der Waals surface area contributed by atoms with E-state index < -0.39 is 0 Å². The highest BCUT2D eigenvalue weighted by Gasteiger charge is 2.18. The SMILES string of the molecule is COC(=O)[C@H](Cc1ccccc1)NCCl. The number of carbonyl (C=O) groups excluding carboxylic acids is 1. The number of ether oxygens (including phenoxy) is 1. The molecule has 0 spiro atoms. The van der Waals surface area contributed by atoms with Gasteiger partial charge in [-0.05, 0) is 12.0 Å². The van der Waals surface area contributed by atoms with Gasteiger partial charge in [-0.2, -0.15) is 0 Å². The van der Waals surface area contributed by atoms with Gasteiger partial charge in [0.15, 0.2) is 0 Å². The highest BCUT2D eigenvalue weighted by Crippen LogP contribution is 2.04. The lowest BCUT2D eigenvalue weighted by atomic mass is 10.1. The van der Waals surface area contributed by atoms with Crippen LogP contribution in [0.2, 0.25) is 0 Å². The van der Waals surface area contributed by atoms with Gasteiger partial charge in [0.2, 0.25) is 0 Å². The van der Waals surface area contributed by atoms with Gasteiger partial charge in [0.25, 0.3) is 0 Å². The number of esters is 1. The molecule has 15 heavy (non-hydrogen) atoms. The van der Waals surface area contributed by atoms with E-state index in [1.54, 1.807) is 0 Å². The number of alkyl halides is 1. The van der Waals surface area contributed by atoms with E-state index in [1.807, 2.05) is 30.3 Å². The summed E-state index contributed by atoms with van der Waals surface area (Å²) in [5, 5.41) is 2.87. The van der Waals surface area contributed by atoms with E-state index in [2.05, 4.69) is 10.1 Å². The number of hydrogen-bond donors (Lipinski definition) is 1. The number of nitrogens with one attached hydrogen (secondary N) is 1. The summed E-state index contributed by atoms with van der Waals surface area (Å²) in [6.07, 6.45) is 0.584. The molecule has 4 heteroatoms. The zero-order valence-corrected chi connectivity index (χ0v) is 9.33. The van der Waals surface area contributed by atoms with Gasteiger partial charge in [-0.25, -0.2) is 0 Å². The van der Waals surface area contributed by atoms with E-state index in [0.29, 0.717) is 6.42 Å². The van der Waals surface area contributed by atoms with E-state index in [0.717, 1.165) is 5.56 Å². The summed E-state index contributed by atoms with van der Waals surface area (Å²) in [7, 11) is 1.37. The first-order valence-corrected chi connectivity index (χ1v) is 5.22. The van der Waals surface area contributed by atoms with Crippen LogP contribution >= 0.6 is 11.6 Å². The highest BCUT2D eigenvalue weighted by atomic mass is 35.5. The number of benzene rings is 1. The maximum Gasteiger partial charge on any atom is 0.323 e. The molecule has 1 atom stereocenters. The van der Waals surface area contributed by atoms with Crippen LogP contribution in [-0.2, 0) is 16.0 Å². The van der Waals surface area contributed by atoms with Crippen molar-refractivity contribution in [2.45, 2.75) is 12.5 Å². The Morgan fingerprint density at radius 1 is 1.47 bits per heavy atom. The van der Waals surface area contributed by atoms with E-state index in [9.17, 15) is 4.79 Å². The minimum atomic E-state index is -0.380. The Balaban J connectivity index is 2.62. The average molecular weight is 228 g/mol. The molecule has 0 radical (unpaired) electrons. The molecule has 0 aliphatic carbocycles. The number of hydrogen-bond acceptors (Lipinski definition) is 3. The summed E-state index contributed by atoms with van der Waals surface area (Å²) < 4.78 is 4.68.